The second-order valence-corrected chi connectivity index (χ2v) is 6.63. The molecule has 1 aromatic heterocycles. The van der Waals surface area contributed by atoms with Gasteiger partial charge in [0.1, 0.15) is 5.82 Å². The molecule has 0 saturated heterocycles. The van der Waals surface area contributed by atoms with Crippen molar-refractivity contribution in [3.63, 3.8) is 0 Å². The van der Waals surface area contributed by atoms with Gasteiger partial charge < -0.3 is 4.90 Å². The second-order valence-electron chi connectivity index (χ2n) is 5.35. The molecule has 0 unspecified atom stereocenters. The number of thioether (sulfide) groups is 1. The van der Waals surface area contributed by atoms with Crippen LogP contribution >= 0.6 is 11.8 Å². The van der Waals surface area contributed by atoms with Crippen LogP contribution in [0.25, 0.3) is 11.3 Å². The van der Waals surface area contributed by atoms with Crippen LogP contribution in [0.3, 0.4) is 0 Å². The standard InChI is InChI=1S/C16H22FN3S/c1-12(21-3)8-9-20(2)11-14-10-18-19-16(14)13-4-6-15(17)7-5-13/h4-7,10,12H,8-9,11H2,1-3H3,(H,18,19)/t12-/m0/s1. The normalized spacial score (nSPS) is 12.8. The molecule has 0 spiro atoms. The quantitative estimate of drug-likeness (QED) is 0.844. The van der Waals surface area contributed by atoms with E-state index in [2.05, 4.69) is 35.3 Å². The molecule has 0 saturated carbocycles. The molecule has 5 heteroatoms. The van der Waals surface area contributed by atoms with Crippen LogP contribution in [0, 0.1) is 5.82 Å². The molecule has 0 aliphatic rings. The van der Waals surface area contributed by atoms with Gasteiger partial charge in [-0.1, -0.05) is 6.92 Å². The van der Waals surface area contributed by atoms with Crippen LogP contribution in [0.15, 0.2) is 30.5 Å². The first-order chi connectivity index (χ1) is 10.1. The molecule has 2 rings (SSSR count). The van der Waals surface area contributed by atoms with E-state index in [9.17, 15) is 4.39 Å². The van der Waals surface area contributed by atoms with Gasteiger partial charge in [0.05, 0.1) is 11.9 Å². The highest BCUT2D eigenvalue weighted by Gasteiger charge is 2.11. The van der Waals surface area contributed by atoms with Crippen LogP contribution < -0.4 is 0 Å². The third-order valence-corrected chi connectivity index (χ3v) is 4.65. The molecule has 1 atom stereocenters. The Labute approximate surface area is 129 Å². The van der Waals surface area contributed by atoms with Gasteiger partial charge in [-0.2, -0.15) is 16.9 Å². The molecule has 1 heterocycles. The molecule has 1 N–H and O–H groups in total. The monoisotopic (exact) mass is 307 g/mol. The molecule has 3 nitrogen and oxygen atoms in total. The minimum Gasteiger partial charge on any atom is -0.302 e. The summed E-state index contributed by atoms with van der Waals surface area (Å²) >= 11 is 1.90. The summed E-state index contributed by atoms with van der Waals surface area (Å²) in [5, 5.41) is 7.83. The zero-order valence-corrected chi connectivity index (χ0v) is 13.6. The van der Waals surface area contributed by atoms with Crippen molar-refractivity contribution in [3.8, 4) is 11.3 Å². The Kier molecular flexibility index (Phi) is 5.82. The number of benzene rings is 1. The number of aromatic nitrogens is 2. The number of nitrogens with one attached hydrogen (secondary N) is 1. The molecule has 114 valence electrons. The lowest BCUT2D eigenvalue weighted by Crippen LogP contribution is -2.21. The number of rotatable bonds is 7. The highest BCUT2D eigenvalue weighted by Crippen LogP contribution is 2.22. The maximum atomic E-state index is 13.0. The molecule has 0 amide bonds. The van der Waals surface area contributed by atoms with Crippen LogP contribution in [0.4, 0.5) is 4.39 Å². The van der Waals surface area contributed by atoms with Crippen molar-refractivity contribution in [2.45, 2.75) is 25.1 Å². The minimum atomic E-state index is -0.219. The molecule has 1 aromatic carbocycles. The van der Waals surface area contributed by atoms with Gasteiger partial charge in [0.15, 0.2) is 0 Å². The van der Waals surface area contributed by atoms with E-state index in [1.54, 1.807) is 12.1 Å². The molecule has 0 aliphatic carbocycles. The maximum Gasteiger partial charge on any atom is 0.123 e. The number of nitrogens with zero attached hydrogens (tertiary/aromatic N) is 2. The minimum absolute atomic E-state index is 0.219. The van der Waals surface area contributed by atoms with Gasteiger partial charge in [-0.25, -0.2) is 4.39 Å². The number of hydrogen-bond donors (Lipinski definition) is 1. The van der Waals surface area contributed by atoms with Gasteiger partial charge in [0, 0.05) is 22.9 Å². The largest absolute Gasteiger partial charge is 0.302 e. The van der Waals surface area contributed by atoms with E-state index < -0.39 is 0 Å². The lowest BCUT2D eigenvalue weighted by Gasteiger charge is -2.18. The van der Waals surface area contributed by atoms with Crippen molar-refractivity contribution in [2.75, 3.05) is 19.8 Å². The van der Waals surface area contributed by atoms with E-state index in [0.29, 0.717) is 5.25 Å². The predicted octanol–water partition coefficient (Wildman–Crippen LogP) is 3.79. The van der Waals surface area contributed by atoms with Crippen LogP contribution in [0.2, 0.25) is 0 Å². The third-order valence-electron chi connectivity index (χ3n) is 3.61. The van der Waals surface area contributed by atoms with Gasteiger partial charge in [0.2, 0.25) is 0 Å². The van der Waals surface area contributed by atoms with Gasteiger partial charge in [-0.05, 0) is 50.5 Å². The van der Waals surface area contributed by atoms with Crippen LogP contribution in [-0.4, -0.2) is 40.2 Å². The van der Waals surface area contributed by atoms with Gasteiger partial charge in [-0.15, -0.1) is 0 Å². The van der Waals surface area contributed by atoms with E-state index in [1.165, 1.54) is 18.6 Å². The summed E-state index contributed by atoms with van der Waals surface area (Å²) in [5.74, 6) is -0.219. The Morgan fingerprint density at radius 1 is 1.33 bits per heavy atom. The first kappa shape index (κ1) is 16.0. The number of aromatic amines is 1. The van der Waals surface area contributed by atoms with Crippen molar-refractivity contribution in [1.29, 1.82) is 0 Å². The molecule has 0 aliphatic heterocycles. The summed E-state index contributed by atoms with van der Waals surface area (Å²) in [7, 11) is 2.12. The van der Waals surface area contributed by atoms with Crippen molar-refractivity contribution >= 4 is 11.8 Å². The zero-order chi connectivity index (χ0) is 15.2. The molecule has 2 aromatic rings. The molecular formula is C16H22FN3S. The Balaban J connectivity index is 2.01. The lowest BCUT2D eigenvalue weighted by molar-refractivity contribution is 0.323. The Bertz CT molecular complexity index is 553. The first-order valence-electron chi connectivity index (χ1n) is 7.09. The number of halogens is 1. The third kappa shape index (κ3) is 4.58. The fourth-order valence-electron chi connectivity index (χ4n) is 2.19. The highest BCUT2D eigenvalue weighted by atomic mass is 32.2. The molecular weight excluding hydrogens is 285 g/mol. The predicted molar refractivity (Wildman–Crippen MR) is 87.9 cm³/mol. The molecule has 0 fully saturated rings. The van der Waals surface area contributed by atoms with E-state index >= 15 is 0 Å². The second kappa shape index (κ2) is 7.61. The van der Waals surface area contributed by atoms with Crippen LogP contribution in [-0.2, 0) is 6.54 Å². The van der Waals surface area contributed by atoms with E-state index in [0.717, 1.165) is 29.9 Å². The van der Waals surface area contributed by atoms with Crippen LogP contribution in [0.5, 0.6) is 0 Å². The van der Waals surface area contributed by atoms with Crippen molar-refractivity contribution in [2.24, 2.45) is 0 Å². The number of hydrogen-bond acceptors (Lipinski definition) is 3. The zero-order valence-electron chi connectivity index (χ0n) is 12.8. The van der Waals surface area contributed by atoms with Crippen molar-refractivity contribution < 1.29 is 4.39 Å². The number of H-pyrrole nitrogens is 1. The summed E-state index contributed by atoms with van der Waals surface area (Å²) in [6.45, 7) is 4.14. The smallest absolute Gasteiger partial charge is 0.123 e. The average molecular weight is 307 g/mol. The molecule has 0 radical (unpaired) electrons. The molecule has 21 heavy (non-hydrogen) atoms. The fraction of sp³-hybridized carbons (Fsp3) is 0.438. The van der Waals surface area contributed by atoms with Crippen molar-refractivity contribution in [1.82, 2.24) is 15.1 Å². The Hall–Kier alpha value is -1.33. The highest BCUT2D eigenvalue weighted by molar-refractivity contribution is 7.99. The van der Waals surface area contributed by atoms with Gasteiger partial charge in [-0.3, -0.25) is 5.10 Å². The first-order valence-corrected chi connectivity index (χ1v) is 8.38. The van der Waals surface area contributed by atoms with E-state index in [1.807, 2.05) is 18.0 Å². The average Bonchev–Trinajstić information content (AvgIpc) is 2.93. The Morgan fingerprint density at radius 2 is 2.05 bits per heavy atom. The topological polar surface area (TPSA) is 31.9 Å². The van der Waals surface area contributed by atoms with E-state index in [4.69, 9.17) is 0 Å². The van der Waals surface area contributed by atoms with E-state index in [-0.39, 0.29) is 5.82 Å². The summed E-state index contributed by atoms with van der Waals surface area (Å²) < 4.78 is 13.0. The lowest BCUT2D eigenvalue weighted by atomic mass is 10.1. The SMILES string of the molecule is CS[C@@H](C)CCN(C)Cc1cn[nH]c1-c1ccc(F)cc1. The summed E-state index contributed by atoms with van der Waals surface area (Å²) in [4.78, 5) is 2.30. The summed E-state index contributed by atoms with van der Waals surface area (Å²) in [6.07, 6.45) is 5.17. The summed E-state index contributed by atoms with van der Waals surface area (Å²) in [6, 6.07) is 6.51. The Morgan fingerprint density at radius 3 is 2.71 bits per heavy atom. The summed E-state index contributed by atoms with van der Waals surface area (Å²) in [5.41, 5.74) is 3.08. The van der Waals surface area contributed by atoms with Crippen molar-refractivity contribution in [3.05, 3.63) is 41.8 Å². The maximum absolute atomic E-state index is 13.0. The van der Waals surface area contributed by atoms with Gasteiger partial charge >= 0.3 is 0 Å². The van der Waals surface area contributed by atoms with Gasteiger partial charge in [0.25, 0.3) is 0 Å². The van der Waals surface area contributed by atoms with Crippen LogP contribution in [0.1, 0.15) is 18.9 Å². The molecule has 0 bridgehead atoms. The fourth-order valence-corrected chi connectivity index (χ4v) is 2.53.